The van der Waals surface area contributed by atoms with Crippen LogP contribution in [0.5, 0.6) is 0 Å². The highest BCUT2D eigenvalue weighted by Gasteiger charge is 2.10. The van der Waals surface area contributed by atoms with Crippen molar-refractivity contribution in [3.05, 3.63) is 36.8 Å². The molecule has 0 unspecified atom stereocenters. The molecule has 0 amide bonds. The molecule has 3 rings (SSSR count). The van der Waals surface area contributed by atoms with Crippen LogP contribution < -0.4 is 10.6 Å². The topological polar surface area (TPSA) is 80.8 Å². The average Bonchev–Trinajstić information content (AvgIpc) is 2.47. The van der Waals surface area contributed by atoms with E-state index in [1.54, 1.807) is 6.20 Å². The van der Waals surface area contributed by atoms with E-state index >= 15 is 0 Å². The molecule has 2 aromatic heterocycles. The lowest BCUT2D eigenvalue weighted by atomic mass is 10.1. The summed E-state index contributed by atoms with van der Waals surface area (Å²) in [4.78, 5) is 18.9. The summed E-state index contributed by atoms with van der Waals surface area (Å²) in [5.74, 6) is 0.343. The summed E-state index contributed by atoms with van der Waals surface area (Å²) < 4.78 is 0. The predicted molar refractivity (Wildman–Crippen MR) is 79.3 cm³/mol. The molecule has 0 spiro atoms. The molecule has 0 radical (unpaired) electrons. The van der Waals surface area contributed by atoms with Crippen molar-refractivity contribution in [3.63, 3.8) is 0 Å². The molecule has 0 saturated carbocycles. The number of nitrogens with two attached hydrogens (primary N) is 1. The van der Waals surface area contributed by atoms with Gasteiger partial charge in [0, 0.05) is 25.3 Å². The van der Waals surface area contributed by atoms with E-state index in [0.29, 0.717) is 17.0 Å². The lowest BCUT2D eigenvalue weighted by Crippen LogP contribution is -2.10. The Bertz CT molecular complexity index is 768. The largest absolute Gasteiger partial charge is 0.382 e. The third-order valence-corrected chi connectivity index (χ3v) is 3.04. The molecule has 3 aromatic rings. The van der Waals surface area contributed by atoms with E-state index in [1.165, 1.54) is 6.33 Å². The maximum absolute atomic E-state index is 5.76. The van der Waals surface area contributed by atoms with Crippen LogP contribution in [-0.4, -0.2) is 34.0 Å². The number of hydrogen-bond acceptors (Lipinski definition) is 6. The smallest absolute Gasteiger partial charge is 0.184 e. The summed E-state index contributed by atoms with van der Waals surface area (Å²) in [5, 5.41) is 0. The number of hydrogen-bond donors (Lipinski definition) is 1. The Kier molecular flexibility index (Phi) is 2.90. The SMILES string of the molecule is CN(C)c1ccccc1-c1cnc2c(N)ncnc2n1. The van der Waals surface area contributed by atoms with Crippen molar-refractivity contribution in [2.24, 2.45) is 0 Å². The van der Waals surface area contributed by atoms with Crippen LogP contribution >= 0.6 is 0 Å². The Balaban J connectivity index is 2.21. The molecule has 6 nitrogen and oxygen atoms in total. The van der Waals surface area contributed by atoms with Crippen molar-refractivity contribution in [1.82, 2.24) is 19.9 Å². The molecule has 0 aliphatic rings. The van der Waals surface area contributed by atoms with E-state index in [-0.39, 0.29) is 0 Å². The number of para-hydroxylation sites is 1. The zero-order valence-corrected chi connectivity index (χ0v) is 11.3. The number of fused-ring (bicyclic) bond motifs is 1. The summed E-state index contributed by atoms with van der Waals surface area (Å²) in [6.07, 6.45) is 3.10. The molecule has 0 bridgehead atoms. The summed E-state index contributed by atoms with van der Waals surface area (Å²) >= 11 is 0. The maximum atomic E-state index is 5.76. The first-order valence-corrected chi connectivity index (χ1v) is 6.17. The second-order valence-electron chi connectivity index (χ2n) is 4.60. The average molecular weight is 266 g/mol. The fraction of sp³-hybridized carbons (Fsp3) is 0.143. The fourth-order valence-corrected chi connectivity index (χ4v) is 2.07. The second kappa shape index (κ2) is 4.73. The minimum atomic E-state index is 0.343. The van der Waals surface area contributed by atoms with Crippen LogP contribution in [0.3, 0.4) is 0 Å². The number of aromatic nitrogens is 4. The highest BCUT2D eigenvalue weighted by Crippen LogP contribution is 2.28. The van der Waals surface area contributed by atoms with Crippen LogP contribution in [0, 0.1) is 0 Å². The summed E-state index contributed by atoms with van der Waals surface area (Å²) in [5.41, 5.74) is 9.63. The number of rotatable bonds is 2. The Morgan fingerprint density at radius 2 is 1.85 bits per heavy atom. The van der Waals surface area contributed by atoms with Crippen LogP contribution in [0.4, 0.5) is 11.5 Å². The van der Waals surface area contributed by atoms with Crippen molar-refractivity contribution in [3.8, 4) is 11.3 Å². The van der Waals surface area contributed by atoms with Gasteiger partial charge in [0.25, 0.3) is 0 Å². The lowest BCUT2D eigenvalue weighted by molar-refractivity contribution is 1.12. The Labute approximate surface area is 116 Å². The van der Waals surface area contributed by atoms with Crippen LogP contribution in [0.25, 0.3) is 22.4 Å². The van der Waals surface area contributed by atoms with Gasteiger partial charge in [-0.1, -0.05) is 18.2 Å². The second-order valence-corrected chi connectivity index (χ2v) is 4.60. The van der Waals surface area contributed by atoms with Gasteiger partial charge in [-0.2, -0.15) is 0 Å². The van der Waals surface area contributed by atoms with Gasteiger partial charge < -0.3 is 10.6 Å². The Morgan fingerprint density at radius 1 is 1.05 bits per heavy atom. The van der Waals surface area contributed by atoms with Gasteiger partial charge in [-0.05, 0) is 6.07 Å². The number of benzene rings is 1. The minimum Gasteiger partial charge on any atom is -0.382 e. The minimum absolute atomic E-state index is 0.343. The molecule has 2 heterocycles. The predicted octanol–water partition coefficient (Wildman–Crippen LogP) is 1.73. The third kappa shape index (κ3) is 2.01. The molecule has 0 aliphatic heterocycles. The van der Waals surface area contributed by atoms with E-state index in [1.807, 2.05) is 43.3 Å². The molecular weight excluding hydrogens is 252 g/mol. The van der Waals surface area contributed by atoms with Gasteiger partial charge in [0.05, 0.1) is 11.9 Å². The lowest BCUT2D eigenvalue weighted by Gasteiger charge is -2.16. The first-order valence-electron chi connectivity index (χ1n) is 6.17. The number of nitrogen functional groups attached to an aromatic ring is 1. The standard InChI is InChI=1S/C14H14N6/c1-20(2)11-6-4-3-5-9(11)10-7-16-12-13(15)17-8-18-14(12)19-10/h3-8H,1-2H3,(H2,15,17,18,19). The van der Waals surface area contributed by atoms with E-state index in [0.717, 1.165) is 16.9 Å². The first kappa shape index (κ1) is 12.3. The summed E-state index contributed by atoms with van der Waals surface area (Å²) in [7, 11) is 3.99. The monoisotopic (exact) mass is 266 g/mol. The van der Waals surface area contributed by atoms with Crippen LogP contribution in [0.2, 0.25) is 0 Å². The first-order chi connectivity index (χ1) is 9.66. The van der Waals surface area contributed by atoms with Gasteiger partial charge in [-0.3, -0.25) is 0 Å². The fourth-order valence-electron chi connectivity index (χ4n) is 2.07. The van der Waals surface area contributed by atoms with Crippen molar-refractivity contribution in [2.45, 2.75) is 0 Å². The molecule has 0 aliphatic carbocycles. The highest BCUT2D eigenvalue weighted by molar-refractivity contribution is 5.84. The zero-order valence-electron chi connectivity index (χ0n) is 11.3. The number of anilines is 2. The van der Waals surface area contributed by atoms with E-state index in [9.17, 15) is 0 Å². The van der Waals surface area contributed by atoms with E-state index in [2.05, 4.69) is 19.9 Å². The Morgan fingerprint density at radius 3 is 2.65 bits per heavy atom. The molecule has 100 valence electrons. The van der Waals surface area contributed by atoms with Gasteiger partial charge in [-0.15, -0.1) is 0 Å². The van der Waals surface area contributed by atoms with Gasteiger partial charge in [0.2, 0.25) is 0 Å². The Hall–Kier alpha value is -2.76. The molecule has 1 aromatic carbocycles. The zero-order chi connectivity index (χ0) is 14.1. The molecular formula is C14H14N6. The molecule has 0 saturated heterocycles. The van der Waals surface area contributed by atoms with E-state index < -0.39 is 0 Å². The molecule has 6 heteroatoms. The third-order valence-electron chi connectivity index (χ3n) is 3.04. The van der Waals surface area contributed by atoms with Gasteiger partial charge in [0.15, 0.2) is 11.5 Å². The number of nitrogens with zero attached hydrogens (tertiary/aromatic N) is 5. The van der Waals surface area contributed by atoms with Crippen LogP contribution in [0.1, 0.15) is 0 Å². The summed E-state index contributed by atoms with van der Waals surface area (Å²) in [6.45, 7) is 0. The van der Waals surface area contributed by atoms with Crippen LogP contribution in [0.15, 0.2) is 36.8 Å². The molecule has 0 atom stereocenters. The van der Waals surface area contributed by atoms with Crippen LogP contribution in [-0.2, 0) is 0 Å². The van der Waals surface area contributed by atoms with Gasteiger partial charge >= 0.3 is 0 Å². The van der Waals surface area contributed by atoms with Crippen molar-refractivity contribution >= 4 is 22.7 Å². The quantitative estimate of drug-likeness (QED) is 0.761. The van der Waals surface area contributed by atoms with Crippen molar-refractivity contribution in [2.75, 3.05) is 24.7 Å². The molecule has 2 N–H and O–H groups in total. The maximum Gasteiger partial charge on any atom is 0.184 e. The van der Waals surface area contributed by atoms with E-state index in [4.69, 9.17) is 5.73 Å². The molecule has 0 fully saturated rings. The van der Waals surface area contributed by atoms with Gasteiger partial charge in [0.1, 0.15) is 11.8 Å². The summed E-state index contributed by atoms with van der Waals surface area (Å²) in [6, 6.07) is 8.02. The van der Waals surface area contributed by atoms with Gasteiger partial charge in [-0.25, -0.2) is 19.9 Å². The normalized spacial score (nSPS) is 10.7. The van der Waals surface area contributed by atoms with Crippen molar-refractivity contribution in [1.29, 1.82) is 0 Å². The molecule has 20 heavy (non-hydrogen) atoms. The highest BCUT2D eigenvalue weighted by atomic mass is 15.1. The van der Waals surface area contributed by atoms with Crippen molar-refractivity contribution < 1.29 is 0 Å².